The number of pyridine rings is 1. The molecule has 1 N–H and O–H groups in total. The minimum absolute atomic E-state index is 0.443. The van der Waals surface area contributed by atoms with Gasteiger partial charge in [0.25, 0.3) is 0 Å². The second kappa shape index (κ2) is 8.00. The van der Waals surface area contributed by atoms with Gasteiger partial charge in [0.1, 0.15) is 0 Å². The van der Waals surface area contributed by atoms with Crippen LogP contribution in [0.3, 0.4) is 0 Å². The lowest BCUT2D eigenvalue weighted by atomic mass is 10.1. The normalized spacial score (nSPS) is 11.4. The Morgan fingerprint density at radius 3 is 2.63 bits per heavy atom. The van der Waals surface area contributed by atoms with E-state index in [1.54, 1.807) is 12.4 Å². The number of benzene rings is 3. The molecule has 144 valence electrons. The number of nitrogens with one attached hydrogen (secondary N) is 1. The van der Waals surface area contributed by atoms with Gasteiger partial charge >= 0.3 is 0 Å². The van der Waals surface area contributed by atoms with Crippen molar-refractivity contribution < 1.29 is 0 Å². The van der Waals surface area contributed by atoms with Gasteiger partial charge in [-0.15, -0.1) is 0 Å². The maximum atomic E-state index is 4.72. The van der Waals surface area contributed by atoms with E-state index in [1.807, 2.05) is 78.9 Å². The fourth-order valence-electron chi connectivity index (χ4n) is 3.30. The Labute approximate surface area is 181 Å². The van der Waals surface area contributed by atoms with E-state index >= 15 is 0 Å². The number of fused-ring (bicyclic) bond motifs is 2. The van der Waals surface area contributed by atoms with Gasteiger partial charge in [-0.3, -0.25) is 4.98 Å². The van der Waals surface area contributed by atoms with Crippen LogP contribution in [0.1, 0.15) is 5.56 Å². The average Bonchev–Trinajstić information content (AvgIpc) is 2.79. The third-order valence-electron chi connectivity index (χ3n) is 4.71. The first-order valence-electron chi connectivity index (χ1n) is 9.43. The van der Waals surface area contributed by atoms with E-state index in [4.69, 9.17) is 4.98 Å². The van der Waals surface area contributed by atoms with Crippen LogP contribution in [-0.2, 0) is 0 Å². The van der Waals surface area contributed by atoms with Crippen LogP contribution in [0.25, 0.3) is 33.1 Å². The van der Waals surface area contributed by atoms with Crippen LogP contribution < -0.4 is 5.43 Å². The van der Waals surface area contributed by atoms with Gasteiger partial charge in [-0.2, -0.15) is 5.10 Å². The molecular weight excluding hydrogens is 438 g/mol. The molecule has 0 radical (unpaired) electrons. The average molecular weight is 454 g/mol. The fourth-order valence-corrected chi connectivity index (χ4v) is 3.66. The Morgan fingerprint density at radius 2 is 1.73 bits per heavy atom. The summed E-state index contributed by atoms with van der Waals surface area (Å²) in [6.45, 7) is 0. The van der Waals surface area contributed by atoms with Crippen molar-refractivity contribution in [2.45, 2.75) is 0 Å². The molecule has 0 atom stereocenters. The molecule has 30 heavy (non-hydrogen) atoms. The van der Waals surface area contributed by atoms with Crippen molar-refractivity contribution in [3.63, 3.8) is 0 Å². The van der Waals surface area contributed by atoms with Gasteiger partial charge in [-0.25, -0.2) is 15.4 Å². The summed E-state index contributed by atoms with van der Waals surface area (Å²) in [5.41, 5.74) is 7.58. The molecule has 0 aliphatic rings. The molecule has 2 aromatic heterocycles. The van der Waals surface area contributed by atoms with Crippen molar-refractivity contribution in [1.82, 2.24) is 15.0 Å². The zero-order chi connectivity index (χ0) is 20.3. The van der Waals surface area contributed by atoms with E-state index in [0.717, 1.165) is 43.1 Å². The number of halogens is 1. The molecule has 0 saturated heterocycles. The highest BCUT2D eigenvalue weighted by molar-refractivity contribution is 9.10. The highest BCUT2D eigenvalue weighted by atomic mass is 79.9. The van der Waals surface area contributed by atoms with E-state index in [-0.39, 0.29) is 0 Å². The molecule has 0 saturated carbocycles. The molecule has 2 heterocycles. The van der Waals surface area contributed by atoms with Gasteiger partial charge in [-0.1, -0.05) is 64.5 Å². The summed E-state index contributed by atoms with van der Waals surface area (Å²) in [6, 6.07) is 26.0. The van der Waals surface area contributed by atoms with E-state index in [0.29, 0.717) is 5.95 Å². The summed E-state index contributed by atoms with van der Waals surface area (Å²) < 4.78 is 0.986. The number of hydrogen-bond acceptors (Lipinski definition) is 5. The molecule has 0 fully saturated rings. The van der Waals surface area contributed by atoms with E-state index in [1.165, 1.54) is 0 Å². The standard InChI is InChI=1S/C24H16BrN5/c25-19-10-11-21-20(14-19)23(18-5-2-1-3-6-18)29-24(28-21)30-27-15-16-8-9-17-7-4-12-26-22(17)13-16/h1-15H,(H,28,29,30)/b27-15-. The maximum Gasteiger partial charge on any atom is 0.244 e. The summed E-state index contributed by atoms with van der Waals surface area (Å²) >= 11 is 3.54. The summed E-state index contributed by atoms with van der Waals surface area (Å²) in [5.74, 6) is 0.443. The van der Waals surface area contributed by atoms with Crippen molar-refractivity contribution in [2.24, 2.45) is 5.10 Å². The van der Waals surface area contributed by atoms with Crippen LogP contribution in [0.4, 0.5) is 5.95 Å². The molecule has 0 aliphatic heterocycles. The summed E-state index contributed by atoms with van der Waals surface area (Å²) in [4.78, 5) is 13.7. The molecule has 5 nitrogen and oxygen atoms in total. The lowest BCUT2D eigenvalue weighted by Crippen LogP contribution is -2.00. The van der Waals surface area contributed by atoms with Crippen molar-refractivity contribution >= 4 is 49.9 Å². The van der Waals surface area contributed by atoms with Crippen molar-refractivity contribution in [1.29, 1.82) is 0 Å². The number of rotatable bonds is 4. The summed E-state index contributed by atoms with van der Waals surface area (Å²) in [5, 5.41) is 6.41. The van der Waals surface area contributed by atoms with Gasteiger partial charge in [0.15, 0.2) is 0 Å². The first-order valence-corrected chi connectivity index (χ1v) is 10.2. The van der Waals surface area contributed by atoms with Crippen LogP contribution in [-0.4, -0.2) is 21.2 Å². The highest BCUT2D eigenvalue weighted by Gasteiger charge is 2.10. The molecule has 0 spiro atoms. The van der Waals surface area contributed by atoms with Crippen LogP contribution in [0, 0.1) is 0 Å². The van der Waals surface area contributed by atoms with Crippen LogP contribution in [0.2, 0.25) is 0 Å². The van der Waals surface area contributed by atoms with E-state index in [9.17, 15) is 0 Å². The number of hydrazone groups is 1. The number of anilines is 1. The molecule has 0 aliphatic carbocycles. The van der Waals surface area contributed by atoms with Crippen molar-refractivity contribution in [2.75, 3.05) is 5.43 Å². The van der Waals surface area contributed by atoms with Gasteiger partial charge in [0, 0.05) is 27.0 Å². The van der Waals surface area contributed by atoms with Gasteiger partial charge in [0.2, 0.25) is 5.95 Å². The molecular formula is C24H16BrN5. The molecule has 5 rings (SSSR count). The zero-order valence-electron chi connectivity index (χ0n) is 15.8. The van der Waals surface area contributed by atoms with Gasteiger partial charge < -0.3 is 0 Å². The zero-order valence-corrected chi connectivity index (χ0v) is 17.4. The summed E-state index contributed by atoms with van der Waals surface area (Å²) in [6.07, 6.45) is 3.53. The first-order chi connectivity index (χ1) is 14.8. The van der Waals surface area contributed by atoms with E-state index in [2.05, 4.69) is 36.4 Å². The van der Waals surface area contributed by atoms with Crippen LogP contribution in [0.15, 0.2) is 94.6 Å². The van der Waals surface area contributed by atoms with Crippen molar-refractivity contribution in [3.8, 4) is 11.3 Å². The monoisotopic (exact) mass is 453 g/mol. The van der Waals surface area contributed by atoms with Crippen molar-refractivity contribution in [3.05, 3.63) is 95.1 Å². The molecule has 0 unspecified atom stereocenters. The van der Waals surface area contributed by atoms with Crippen LogP contribution in [0.5, 0.6) is 0 Å². The number of nitrogens with zero attached hydrogens (tertiary/aromatic N) is 4. The Bertz CT molecular complexity index is 1380. The molecule has 6 heteroatoms. The third-order valence-corrected chi connectivity index (χ3v) is 5.21. The SMILES string of the molecule is Brc1ccc2nc(N/N=C\c3ccc4cccnc4c3)nc(-c3ccccc3)c2c1. The lowest BCUT2D eigenvalue weighted by molar-refractivity contribution is 1.16. The van der Waals surface area contributed by atoms with Gasteiger partial charge in [-0.05, 0) is 35.9 Å². The second-order valence-corrected chi connectivity index (χ2v) is 7.66. The Morgan fingerprint density at radius 1 is 0.833 bits per heavy atom. The minimum Gasteiger partial charge on any atom is -0.256 e. The topological polar surface area (TPSA) is 63.1 Å². The Balaban J connectivity index is 1.49. The predicted molar refractivity (Wildman–Crippen MR) is 126 cm³/mol. The lowest BCUT2D eigenvalue weighted by Gasteiger charge is -2.09. The first kappa shape index (κ1) is 18.4. The third kappa shape index (κ3) is 3.77. The summed E-state index contributed by atoms with van der Waals surface area (Å²) in [7, 11) is 0. The molecule has 0 bridgehead atoms. The maximum absolute atomic E-state index is 4.72. The second-order valence-electron chi connectivity index (χ2n) is 6.75. The number of aromatic nitrogens is 3. The molecule has 5 aromatic rings. The number of hydrogen-bond donors (Lipinski definition) is 1. The highest BCUT2D eigenvalue weighted by Crippen LogP contribution is 2.29. The van der Waals surface area contributed by atoms with E-state index < -0.39 is 0 Å². The fraction of sp³-hybridized carbons (Fsp3) is 0. The molecule has 3 aromatic carbocycles. The minimum atomic E-state index is 0.443. The Kier molecular flexibility index (Phi) is 4.91. The van der Waals surface area contributed by atoms with Gasteiger partial charge in [0.05, 0.1) is 22.9 Å². The predicted octanol–water partition coefficient (Wildman–Crippen LogP) is 6.05. The quantitative estimate of drug-likeness (QED) is 0.265. The smallest absolute Gasteiger partial charge is 0.244 e. The van der Waals surface area contributed by atoms with Crippen LogP contribution >= 0.6 is 15.9 Å². The Hall–Kier alpha value is -3.64. The largest absolute Gasteiger partial charge is 0.256 e. The molecule has 0 amide bonds.